The number of carbonyl (C=O) groups excluding carboxylic acids is 1. The van der Waals surface area contributed by atoms with E-state index in [1.54, 1.807) is 0 Å². The van der Waals surface area contributed by atoms with Crippen LogP contribution in [0.15, 0.2) is 12.2 Å². The molecule has 0 saturated carbocycles. The molecule has 0 aliphatic heterocycles. The van der Waals surface area contributed by atoms with Crippen LogP contribution in [0.1, 0.15) is 33.6 Å². The highest BCUT2D eigenvalue weighted by molar-refractivity contribution is 5.75. The summed E-state index contributed by atoms with van der Waals surface area (Å²) in [5, 5.41) is 0. The standard InChI is InChI=1S/C10H16O2/c1-10(2,3)9(11)12-8-6-4-5-7-8/h4,6,8H,5,7H2,1-3H3/t8-/m0/s1. The second-order valence-electron chi connectivity index (χ2n) is 4.20. The van der Waals surface area contributed by atoms with E-state index in [4.69, 9.17) is 4.74 Å². The Kier molecular flexibility index (Phi) is 2.55. The largest absolute Gasteiger partial charge is 0.458 e. The zero-order valence-electron chi connectivity index (χ0n) is 7.96. The van der Waals surface area contributed by atoms with Crippen molar-refractivity contribution >= 4 is 5.97 Å². The smallest absolute Gasteiger partial charge is 0.311 e. The van der Waals surface area contributed by atoms with Gasteiger partial charge >= 0.3 is 5.97 Å². The van der Waals surface area contributed by atoms with Crippen molar-refractivity contribution in [2.45, 2.75) is 39.7 Å². The second kappa shape index (κ2) is 3.30. The van der Waals surface area contributed by atoms with Gasteiger partial charge in [-0.05, 0) is 39.7 Å². The van der Waals surface area contributed by atoms with Crippen LogP contribution in [0.5, 0.6) is 0 Å². The number of hydrogen-bond donors (Lipinski definition) is 0. The molecule has 0 heterocycles. The van der Waals surface area contributed by atoms with E-state index >= 15 is 0 Å². The molecule has 0 bridgehead atoms. The summed E-state index contributed by atoms with van der Waals surface area (Å²) in [5.41, 5.74) is -0.379. The predicted molar refractivity (Wildman–Crippen MR) is 47.7 cm³/mol. The number of hydrogen-bond acceptors (Lipinski definition) is 2. The van der Waals surface area contributed by atoms with Gasteiger partial charge in [-0.2, -0.15) is 0 Å². The molecule has 0 spiro atoms. The third-order valence-corrected chi connectivity index (χ3v) is 1.84. The van der Waals surface area contributed by atoms with E-state index in [2.05, 4.69) is 6.08 Å². The Hall–Kier alpha value is -0.790. The first-order valence-electron chi connectivity index (χ1n) is 4.38. The minimum Gasteiger partial charge on any atom is -0.458 e. The summed E-state index contributed by atoms with van der Waals surface area (Å²) >= 11 is 0. The third kappa shape index (κ3) is 2.36. The Labute approximate surface area is 73.6 Å². The van der Waals surface area contributed by atoms with E-state index < -0.39 is 0 Å². The summed E-state index contributed by atoms with van der Waals surface area (Å²) in [6.45, 7) is 5.61. The Bertz CT molecular complexity index is 198. The summed E-state index contributed by atoms with van der Waals surface area (Å²) in [7, 11) is 0. The van der Waals surface area contributed by atoms with Gasteiger partial charge in [-0.1, -0.05) is 6.08 Å². The van der Waals surface area contributed by atoms with Gasteiger partial charge in [-0.25, -0.2) is 0 Å². The van der Waals surface area contributed by atoms with Crippen LogP contribution in [0.4, 0.5) is 0 Å². The van der Waals surface area contributed by atoms with Crippen molar-refractivity contribution in [1.29, 1.82) is 0 Å². The summed E-state index contributed by atoms with van der Waals surface area (Å²) in [5.74, 6) is -0.112. The number of carbonyl (C=O) groups is 1. The fourth-order valence-electron chi connectivity index (χ4n) is 1.02. The topological polar surface area (TPSA) is 26.3 Å². The van der Waals surface area contributed by atoms with E-state index in [9.17, 15) is 4.79 Å². The van der Waals surface area contributed by atoms with Crippen molar-refractivity contribution in [2.75, 3.05) is 0 Å². The highest BCUT2D eigenvalue weighted by Crippen LogP contribution is 2.20. The molecule has 0 saturated heterocycles. The minimum absolute atomic E-state index is 0.0247. The van der Waals surface area contributed by atoms with E-state index in [1.165, 1.54) is 0 Å². The lowest BCUT2D eigenvalue weighted by molar-refractivity contribution is -0.156. The SMILES string of the molecule is CC(C)(C)C(=O)O[C@H]1C=CCC1. The predicted octanol–water partition coefficient (Wildman–Crippen LogP) is 2.29. The molecule has 0 aromatic rings. The molecule has 0 fully saturated rings. The van der Waals surface area contributed by atoms with Crippen molar-refractivity contribution in [3.63, 3.8) is 0 Å². The number of esters is 1. The van der Waals surface area contributed by atoms with Crippen molar-refractivity contribution in [3.8, 4) is 0 Å². The minimum atomic E-state index is -0.379. The quantitative estimate of drug-likeness (QED) is 0.443. The van der Waals surface area contributed by atoms with Crippen molar-refractivity contribution in [3.05, 3.63) is 12.2 Å². The molecule has 0 aromatic heterocycles. The Morgan fingerprint density at radius 3 is 2.58 bits per heavy atom. The summed E-state index contributed by atoms with van der Waals surface area (Å²) in [4.78, 5) is 11.4. The molecule has 12 heavy (non-hydrogen) atoms. The van der Waals surface area contributed by atoms with E-state index in [1.807, 2.05) is 26.8 Å². The van der Waals surface area contributed by atoms with Gasteiger partial charge < -0.3 is 4.74 Å². The summed E-state index contributed by atoms with van der Waals surface area (Å²) in [6, 6.07) is 0. The van der Waals surface area contributed by atoms with E-state index in [-0.39, 0.29) is 17.5 Å². The maximum atomic E-state index is 11.4. The lowest BCUT2D eigenvalue weighted by Gasteiger charge is -2.19. The van der Waals surface area contributed by atoms with Gasteiger partial charge in [0.15, 0.2) is 0 Å². The maximum absolute atomic E-state index is 11.4. The number of ether oxygens (including phenoxy) is 1. The molecule has 2 heteroatoms. The van der Waals surface area contributed by atoms with Crippen LogP contribution in [0.3, 0.4) is 0 Å². The summed E-state index contributed by atoms with van der Waals surface area (Å²) < 4.78 is 5.25. The zero-order valence-corrected chi connectivity index (χ0v) is 7.96. The van der Waals surface area contributed by atoms with Crippen molar-refractivity contribution < 1.29 is 9.53 Å². The molecular weight excluding hydrogens is 152 g/mol. The van der Waals surface area contributed by atoms with Gasteiger partial charge in [-0.15, -0.1) is 0 Å². The average Bonchev–Trinajstić information content (AvgIpc) is 2.37. The molecule has 0 unspecified atom stereocenters. The van der Waals surface area contributed by atoms with Crippen LogP contribution in [-0.2, 0) is 9.53 Å². The molecule has 1 aliphatic rings. The van der Waals surface area contributed by atoms with Crippen LogP contribution < -0.4 is 0 Å². The lowest BCUT2D eigenvalue weighted by atomic mass is 9.97. The first-order chi connectivity index (χ1) is 5.50. The molecular formula is C10H16O2. The first kappa shape index (κ1) is 9.30. The monoisotopic (exact) mass is 168 g/mol. The van der Waals surface area contributed by atoms with Gasteiger partial charge in [0.1, 0.15) is 6.10 Å². The fraction of sp³-hybridized carbons (Fsp3) is 0.700. The molecule has 0 N–H and O–H groups in total. The second-order valence-corrected chi connectivity index (χ2v) is 4.20. The normalized spacial score (nSPS) is 22.8. The van der Waals surface area contributed by atoms with Crippen LogP contribution in [-0.4, -0.2) is 12.1 Å². The molecule has 68 valence electrons. The zero-order chi connectivity index (χ0) is 9.19. The highest BCUT2D eigenvalue weighted by Gasteiger charge is 2.25. The van der Waals surface area contributed by atoms with Crippen molar-refractivity contribution in [1.82, 2.24) is 0 Å². The van der Waals surface area contributed by atoms with Crippen LogP contribution in [0.2, 0.25) is 0 Å². The molecule has 2 nitrogen and oxygen atoms in total. The highest BCUT2D eigenvalue weighted by atomic mass is 16.5. The number of rotatable bonds is 1. The Morgan fingerprint density at radius 1 is 1.50 bits per heavy atom. The van der Waals surface area contributed by atoms with Crippen LogP contribution in [0.25, 0.3) is 0 Å². The molecule has 0 amide bonds. The van der Waals surface area contributed by atoms with Crippen molar-refractivity contribution in [2.24, 2.45) is 5.41 Å². The average molecular weight is 168 g/mol. The molecule has 1 rings (SSSR count). The summed E-state index contributed by atoms with van der Waals surface area (Å²) in [6.07, 6.45) is 6.02. The van der Waals surface area contributed by atoms with Gasteiger partial charge in [0.2, 0.25) is 0 Å². The fourth-order valence-corrected chi connectivity index (χ4v) is 1.02. The first-order valence-corrected chi connectivity index (χ1v) is 4.38. The molecule has 0 aromatic carbocycles. The third-order valence-electron chi connectivity index (χ3n) is 1.84. The van der Waals surface area contributed by atoms with Gasteiger partial charge in [0.05, 0.1) is 5.41 Å². The number of allylic oxidation sites excluding steroid dienone is 1. The van der Waals surface area contributed by atoms with Gasteiger partial charge in [-0.3, -0.25) is 4.79 Å². The van der Waals surface area contributed by atoms with Gasteiger partial charge in [0.25, 0.3) is 0 Å². The molecule has 1 atom stereocenters. The van der Waals surface area contributed by atoms with E-state index in [0.29, 0.717) is 0 Å². The van der Waals surface area contributed by atoms with Crippen LogP contribution >= 0.6 is 0 Å². The van der Waals surface area contributed by atoms with Gasteiger partial charge in [0, 0.05) is 0 Å². The lowest BCUT2D eigenvalue weighted by Crippen LogP contribution is -2.26. The van der Waals surface area contributed by atoms with E-state index in [0.717, 1.165) is 12.8 Å². The molecule has 1 aliphatic carbocycles. The Morgan fingerprint density at radius 2 is 2.17 bits per heavy atom. The Balaban J connectivity index is 2.41. The van der Waals surface area contributed by atoms with Crippen LogP contribution in [0, 0.1) is 5.41 Å². The molecule has 0 radical (unpaired) electrons. The maximum Gasteiger partial charge on any atom is 0.311 e.